The number of benzene rings is 1. The Bertz CT molecular complexity index is 292. The van der Waals surface area contributed by atoms with E-state index in [1.807, 2.05) is 6.07 Å². The van der Waals surface area contributed by atoms with Gasteiger partial charge < -0.3 is 4.74 Å². The summed E-state index contributed by atoms with van der Waals surface area (Å²) >= 11 is 0. The summed E-state index contributed by atoms with van der Waals surface area (Å²) in [7, 11) is 0. The molecule has 0 spiro atoms. The quantitative estimate of drug-likeness (QED) is 0.655. The van der Waals surface area contributed by atoms with Crippen LogP contribution in [0.3, 0.4) is 0 Å². The molecule has 0 aliphatic heterocycles. The zero-order valence-corrected chi connectivity index (χ0v) is 7.19. The van der Waals surface area contributed by atoms with Gasteiger partial charge in [-0.3, -0.25) is 9.59 Å². The molecule has 1 aromatic carbocycles. The van der Waals surface area contributed by atoms with Crippen LogP contribution in [0.15, 0.2) is 30.3 Å². The van der Waals surface area contributed by atoms with E-state index in [0.29, 0.717) is 5.56 Å². The van der Waals surface area contributed by atoms with E-state index in [2.05, 4.69) is 0 Å². The molecule has 1 unspecified atom stereocenters. The smallest absolute Gasteiger partial charge is 0.303 e. The molecule has 1 radical (unpaired) electrons. The molecule has 13 heavy (non-hydrogen) atoms. The maximum atomic E-state index is 10.6. The van der Waals surface area contributed by atoms with Gasteiger partial charge in [-0.15, -0.1) is 0 Å². The third kappa shape index (κ3) is 2.71. The zero-order valence-electron chi connectivity index (χ0n) is 7.19. The molecule has 0 heterocycles. The highest BCUT2D eigenvalue weighted by Gasteiger charge is 2.13. The van der Waals surface area contributed by atoms with Crippen LogP contribution in [-0.2, 0) is 14.3 Å². The molecule has 1 aromatic rings. The molecule has 0 aliphatic rings. The Morgan fingerprint density at radius 2 is 2.00 bits per heavy atom. The van der Waals surface area contributed by atoms with Crippen LogP contribution in [0.4, 0.5) is 0 Å². The monoisotopic (exact) mass is 177 g/mol. The highest BCUT2D eigenvalue weighted by Crippen LogP contribution is 2.14. The van der Waals surface area contributed by atoms with Gasteiger partial charge in [0.15, 0.2) is 6.10 Å². The first-order chi connectivity index (χ1) is 6.24. The Labute approximate surface area is 76.3 Å². The summed E-state index contributed by atoms with van der Waals surface area (Å²) in [6, 6.07) is 8.77. The van der Waals surface area contributed by atoms with Gasteiger partial charge in [-0.1, -0.05) is 30.3 Å². The maximum absolute atomic E-state index is 10.6. The van der Waals surface area contributed by atoms with Gasteiger partial charge in [-0.2, -0.15) is 0 Å². The molecular weight excluding hydrogens is 168 g/mol. The van der Waals surface area contributed by atoms with E-state index in [9.17, 15) is 9.59 Å². The van der Waals surface area contributed by atoms with Crippen LogP contribution in [-0.4, -0.2) is 12.3 Å². The first kappa shape index (κ1) is 9.45. The normalized spacial score (nSPS) is 11.8. The van der Waals surface area contributed by atoms with Crippen LogP contribution in [0.5, 0.6) is 0 Å². The zero-order chi connectivity index (χ0) is 9.68. The number of rotatable bonds is 3. The van der Waals surface area contributed by atoms with Gasteiger partial charge >= 0.3 is 5.97 Å². The van der Waals surface area contributed by atoms with Gasteiger partial charge in [-0.05, 0) is 0 Å². The van der Waals surface area contributed by atoms with Crippen molar-refractivity contribution in [1.29, 1.82) is 0 Å². The van der Waals surface area contributed by atoms with Gasteiger partial charge in [0, 0.05) is 12.5 Å². The molecule has 0 amide bonds. The first-order valence-electron chi connectivity index (χ1n) is 3.84. The van der Waals surface area contributed by atoms with E-state index in [1.165, 1.54) is 6.92 Å². The molecule has 0 N–H and O–H groups in total. The maximum Gasteiger partial charge on any atom is 0.303 e. The van der Waals surface area contributed by atoms with Crippen molar-refractivity contribution in [1.82, 2.24) is 0 Å². The molecule has 1 rings (SSSR count). The highest BCUT2D eigenvalue weighted by molar-refractivity contribution is 5.71. The molecule has 0 bridgehead atoms. The predicted molar refractivity (Wildman–Crippen MR) is 46.6 cm³/mol. The lowest BCUT2D eigenvalue weighted by atomic mass is 10.1. The van der Waals surface area contributed by atoms with Gasteiger partial charge in [-0.25, -0.2) is 0 Å². The van der Waals surface area contributed by atoms with Crippen molar-refractivity contribution in [2.24, 2.45) is 0 Å². The molecular formula is C10H9O3. The minimum absolute atomic E-state index is 0.489. The van der Waals surface area contributed by atoms with Gasteiger partial charge in [0.25, 0.3) is 0 Å². The summed E-state index contributed by atoms with van der Waals surface area (Å²) in [4.78, 5) is 21.0. The van der Waals surface area contributed by atoms with E-state index in [0.717, 1.165) is 0 Å². The van der Waals surface area contributed by atoms with Crippen LogP contribution in [0, 0.1) is 0 Å². The van der Waals surface area contributed by atoms with Crippen molar-refractivity contribution in [3.8, 4) is 0 Å². The number of hydrogen-bond donors (Lipinski definition) is 0. The largest absolute Gasteiger partial charge is 0.449 e. The predicted octanol–water partition coefficient (Wildman–Crippen LogP) is 1.40. The van der Waals surface area contributed by atoms with Crippen molar-refractivity contribution in [3.05, 3.63) is 35.9 Å². The van der Waals surface area contributed by atoms with Crippen LogP contribution in [0.25, 0.3) is 0 Å². The second-order valence-corrected chi connectivity index (χ2v) is 2.52. The average molecular weight is 177 g/mol. The summed E-state index contributed by atoms with van der Waals surface area (Å²) in [5, 5.41) is 0. The van der Waals surface area contributed by atoms with Crippen LogP contribution in [0.1, 0.15) is 18.6 Å². The Morgan fingerprint density at radius 3 is 2.46 bits per heavy atom. The minimum Gasteiger partial charge on any atom is -0.449 e. The average Bonchev–Trinajstić information content (AvgIpc) is 2.15. The summed E-state index contributed by atoms with van der Waals surface area (Å²) in [6.07, 6.45) is 0.753. The molecule has 0 fully saturated rings. The second-order valence-electron chi connectivity index (χ2n) is 2.52. The van der Waals surface area contributed by atoms with Crippen molar-refractivity contribution < 1.29 is 14.3 Å². The number of esters is 1. The fraction of sp³-hybridized carbons (Fsp3) is 0.200. The van der Waals surface area contributed by atoms with E-state index in [-0.39, 0.29) is 0 Å². The molecule has 3 nitrogen and oxygen atoms in total. The van der Waals surface area contributed by atoms with E-state index >= 15 is 0 Å². The Morgan fingerprint density at radius 1 is 1.38 bits per heavy atom. The second kappa shape index (κ2) is 4.40. The fourth-order valence-electron chi connectivity index (χ4n) is 0.954. The number of carbonyl (C=O) groups excluding carboxylic acids is 2. The molecule has 0 saturated carbocycles. The Balaban J connectivity index is 2.78. The number of hydrogen-bond acceptors (Lipinski definition) is 3. The number of carbonyl (C=O) groups is 1. The molecule has 1 atom stereocenters. The molecule has 0 aliphatic carbocycles. The molecule has 3 heteroatoms. The Hall–Kier alpha value is -1.64. The first-order valence-corrected chi connectivity index (χ1v) is 3.84. The Kier molecular flexibility index (Phi) is 3.20. The highest BCUT2D eigenvalue weighted by atomic mass is 16.5. The van der Waals surface area contributed by atoms with Gasteiger partial charge in [0.1, 0.15) is 0 Å². The SMILES string of the molecule is CC(=O)OC([C]=O)c1ccccc1. The van der Waals surface area contributed by atoms with Crippen molar-refractivity contribution in [3.63, 3.8) is 0 Å². The molecule has 0 saturated heterocycles. The van der Waals surface area contributed by atoms with Crippen molar-refractivity contribution in [2.75, 3.05) is 0 Å². The number of ether oxygens (including phenoxy) is 1. The third-order valence-electron chi connectivity index (χ3n) is 1.49. The fourth-order valence-corrected chi connectivity index (χ4v) is 0.954. The van der Waals surface area contributed by atoms with Crippen LogP contribution in [0.2, 0.25) is 0 Å². The minimum atomic E-state index is -0.904. The van der Waals surface area contributed by atoms with Gasteiger partial charge in [0.2, 0.25) is 6.29 Å². The third-order valence-corrected chi connectivity index (χ3v) is 1.49. The lowest BCUT2D eigenvalue weighted by molar-refractivity contribution is -0.143. The van der Waals surface area contributed by atoms with Crippen molar-refractivity contribution in [2.45, 2.75) is 13.0 Å². The van der Waals surface area contributed by atoms with E-state index in [1.54, 1.807) is 30.6 Å². The summed E-state index contributed by atoms with van der Waals surface area (Å²) in [5.41, 5.74) is 0.632. The van der Waals surface area contributed by atoms with E-state index < -0.39 is 12.1 Å². The molecule has 67 valence electrons. The van der Waals surface area contributed by atoms with Crippen LogP contribution < -0.4 is 0 Å². The summed E-state index contributed by atoms with van der Waals surface area (Å²) < 4.78 is 4.72. The summed E-state index contributed by atoms with van der Waals surface area (Å²) in [5.74, 6) is -0.489. The topological polar surface area (TPSA) is 43.4 Å². The molecule has 0 aromatic heterocycles. The van der Waals surface area contributed by atoms with Crippen molar-refractivity contribution >= 4 is 12.3 Å². The lowest BCUT2D eigenvalue weighted by Gasteiger charge is -2.08. The van der Waals surface area contributed by atoms with E-state index in [4.69, 9.17) is 4.74 Å². The standard InChI is InChI=1S/C10H9O3/c1-8(12)13-10(7-11)9-5-3-2-4-6-9/h2-6,10H,1H3. The van der Waals surface area contributed by atoms with Gasteiger partial charge in [0.05, 0.1) is 0 Å². The summed E-state index contributed by atoms with van der Waals surface area (Å²) in [6.45, 7) is 1.26. The lowest BCUT2D eigenvalue weighted by Crippen LogP contribution is -2.09. The van der Waals surface area contributed by atoms with Crippen LogP contribution >= 0.6 is 0 Å².